The lowest BCUT2D eigenvalue weighted by Gasteiger charge is -2.19. The summed E-state index contributed by atoms with van der Waals surface area (Å²) < 4.78 is 1.41. The van der Waals surface area contributed by atoms with Crippen LogP contribution in [0.1, 0.15) is 31.9 Å². The normalized spacial score (nSPS) is 11.8. The van der Waals surface area contributed by atoms with Gasteiger partial charge in [-0.2, -0.15) is 0 Å². The summed E-state index contributed by atoms with van der Waals surface area (Å²) in [7, 11) is 0. The zero-order valence-electron chi connectivity index (χ0n) is 13.1. The molecule has 4 nitrogen and oxygen atoms in total. The van der Waals surface area contributed by atoms with Gasteiger partial charge < -0.3 is 0 Å². The molecule has 0 saturated carbocycles. The Kier molecular flexibility index (Phi) is 3.53. The standard InChI is InChI=1S/C18H19N3O/c1-18(2,3)14-10-8-13(9-11-14)12-21-17(22)15-6-4-5-7-16(15)19-20-21/h4-11H,12H2,1-3H3. The van der Waals surface area contributed by atoms with E-state index in [9.17, 15) is 4.79 Å². The summed E-state index contributed by atoms with van der Waals surface area (Å²) in [6, 6.07) is 15.6. The lowest BCUT2D eigenvalue weighted by molar-refractivity contribution is 0.586. The molecule has 0 aliphatic heterocycles. The zero-order valence-corrected chi connectivity index (χ0v) is 13.1. The van der Waals surface area contributed by atoms with E-state index in [-0.39, 0.29) is 11.0 Å². The van der Waals surface area contributed by atoms with E-state index in [2.05, 4.69) is 43.2 Å². The molecular formula is C18H19N3O. The van der Waals surface area contributed by atoms with Gasteiger partial charge in [0.2, 0.25) is 0 Å². The van der Waals surface area contributed by atoms with Crippen molar-refractivity contribution in [1.82, 2.24) is 15.0 Å². The first kappa shape index (κ1) is 14.4. The Morgan fingerprint density at radius 2 is 1.68 bits per heavy atom. The van der Waals surface area contributed by atoms with Gasteiger partial charge in [0.05, 0.1) is 11.9 Å². The molecule has 4 heteroatoms. The van der Waals surface area contributed by atoms with Crippen molar-refractivity contribution in [2.45, 2.75) is 32.7 Å². The predicted molar refractivity (Wildman–Crippen MR) is 88.0 cm³/mol. The molecule has 0 radical (unpaired) electrons. The number of aromatic nitrogens is 3. The molecule has 0 aliphatic rings. The summed E-state index contributed by atoms with van der Waals surface area (Å²) in [5.74, 6) is 0. The van der Waals surface area contributed by atoms with Crippen molar-refractivity contribution in [2.75, 3.05) is 0 Å². The molecule has 1 aromatic heterocycles. The first-order valence-electron chi connectivity index (χ1n) is 7.37. The van der Waals surface area contributed by atoms with E-state index in [4.69, 9.17) is 0 Å². The summed E-state index contributed by atoms with van der Waals surface area (Å²) >= 11 is 0. The highest BCUT2D eigenvalue weighted by atomic mass is 16.1. The monoisotopic (exact) mass is 293 g/mol. The molecule has 0 saturated heterocycles. The summed E-state index contributed by atoms with van der Waals surface area (Å²) in [6.07, 6.45) is 0. The van der Waals surface area contributed by atoms with E-state index in [0.29, 0.717) is 17.4 Å². The van der Waals surface area contributed by atoms with Gasteiger partial charge in [-0.05, 0) is 28.7 Å². The van der Waals surface area contributed by atoms with E-state index in [1.807, 2.05) is 24.3 Å². The number of fused-ring (bicyclic) bond motifs is 1. The molecule has 0 amide bonds. The molecule has 0 bridgehead atoms. The van der Waals surface area contributed by atoms with Crippen molar-refractivity contribution in [3.05, 3.63) is 70.0 Å². The number of nitrogens with zero attached hydrogens (tertiary/aromatic N) is 3. The third kappa shape index (κ3) is 2.77. The second kappa shape index (κ2) is 5.37. The van der Waals surface area contributed by atoms with Gasteiger partial charge in [-0.15, -0.1) is 5.10 Å². The van der Waals surface area contributed by atoms with Crippen LogP contribution in [0, 0.1) is 0 Å². The fourth-order valence-electron chi connectivity index (χ4n) is 2.41. The maximum atomic E-state index is 12.4. The molecular weight excluding hydrogens is 274 g/mol. The summed E-state index contributed by atoms with van der Waals surface area (Å²) in [5.41, 5.74) is 2.96. The molecule has 22 heavy (non-hydrogen) atoms. The molecule has 0 N–H and O–H groups in total. The van der Waals surface area contributed by atoms with E-state index in [1.54, 1.807) is 12.1 Å². The first-order chi connectivity index (χ1) is 10.4. The van der Waals surface area contributed by atoms with Gasteiger partial charge in [-0.1, -0.05) is 62.4 Å². The topological polar surface area (TPSA) is 47.8 Å². The van der Waals surface area contributed by atoms with Crippen LogP contribution in [0.25, 0.3) is 10.9 Å². The van der Waals surface area contributed by atoms with Gasteiger partial charge in [-0.25, -0.2) is 4.68 Å². The van der Waals surface area contributed by atoms with Crippen LogP contribution >= 0.6 is 0 Å². The van der Waals surface area contributed by atoms with Crippen LogP contribution in [-0.4, -0.2) is 15.0 Å². The van der Waals surface area contributed by atoms with Crippen LogP contribution in [-0.2, 0) is 12.0 Å². The average molecular weight is 293 g/mol. The number of benzene rings is 2. The fourth-order valence-corrected chi connectivity index (χ4v) is 2.41. The minimum absolute atomic E-state index is 0.106. The van der Waals surface area contributed by atoms with Crippen LogP contribution in [0.15, 0.2) is 53.3 Å². The van der Waals surface area contributed by atoms with E-state index < -0.39 is 0 Å². The second-order valence-electron chi connectivity index (χ2n) is 6.52. The summed E-state index contributed by atoms with van der Waals surface area (Å²) in [4.78, 5) is 12.4. The van der Waals surface area contributed by atoms with Crippen LogP contribution in [0.2, 0.25) is 0 Å². The summed E-state index contributed by atoms with van der Waals surface area (Å²) in [6.45, 7) is 6.98. The molecule has 0 atom stereocenters. The molecule has 2 aromatic carbocycles. The van der Waals surface area contributed by atoms with Crippen LogP contribution in [0.4, 0.5) is 0 Å². The fraction of sp³-hybridized carbons (Fsp3) is 0.278. The van der Waals surface area contributed by atoms with Crippen molar-refractivity contribution in [1.29, 1.82) is 0 Å². The maximum Gasteiger partial charge on any atom is 0.277 e. The van der Waals surface area contributed by atoms with E-state index in [1.165, 1.54) is 10.2 Å². The Morgan fingerprint density at radius 1 is 1.00 bits per heavy atom. The molecule has 3 rings (SSSR count). The average Bonchev–Trinajstić information content (AvgIpc) is 2.50. The van der Waals surface area contributed by atoms with Crippen molar-refractivity contribution < 1.29 is 0 Å². The largest absolute Gasteiger partial charge is 0.277 e. The van der Waals surface area contributed by atoms with Gasteiger partial charge in [-0.3, -0.25) is 4.79 Å². The first-order valence-corrected chi connectivity index (χ1v) is 7.37. The Bertz CT molecular complexity index is 858. The van der Waals surface area contributed by atoms with Gasteiger partial charge in [0.25, 0.3) is 5.56 Å². The molecule has 1 heterocycles. The van der Waals surface area contributed by atoms with Crippen LogP contribution < -0.4 is 5.56 Å². The van der Waals surface area contributed by atoms with Gasteiger partial charge >= 0.3 is 0 Å². The SMILES string of the molecule is CC(C)(C)c1ccc(Cn2nnc3ccccc3c2=O)cc1. The lowest BCUT2D eigenvalue weighted by Crippen LogP contribution is -2.24. The number of rotatable bonds is 2. The highest BCUT2D eigenvalue weighted by molar-refractivity contribution is 5.76. The van der Waals surface area contributed by atoms with Crippen molar-refractivity contribution in [3.8, 4) is 0 Å². The molecule has 0 spiro atoms. The van der Waals surface area contributed by atoms with Gasteiger partial charge in [0.1, 0.15) is 5.52 Å². The number of hydrogen-bond acceptors (Lipinski definition) is 3. The second-order valence-corrected chi connectivity index (χ2v) is 6.52. The minimum Gasteiger partial charge on any atom is -0.267 e. The van der Waals surface area contributed by atoms with E-state index in [0.717, 1.165) is 5.56 Å². The third-order valence-corrected chi connectivity index (χ3v) is 3.78. The summed E-state index contributed by atoms with van der Waals surface area (Å²) in [5, 5.41) is 8.74. The Morgan fingerprint density at radius 3 is 2.36 bits per heavy atom. The Hall–Kier alpha value is -2.49. The molecule has 3 aromatic rings. The van der Waals surface area contributed by atoms with Gasteiger partial charge in [0, 0.05) is 0 Å². The maximum absolute atomic E-state index is 12.4. The Labute approximate surface area is 129 Å². The molecule has 0 aliphatic carbocycles. The highest BCUT2D eigenvalue weighted by Gasteiger charge is 2.13. The Balaban J connectivity index is 1.93. The lowest BCUT2D eigenvalue weighted by atomic mass is 9.87. The minimum atomic E-state index is -0.106. The zero-order chi connectivity index (χ0) is 15.7. The quantitative estimate of drug-likeness (QED) is 0.729. The smallest absolute Gasteiger partial charge is 0.267 e. The molecule has 0 fully saturated rings. The van der Waals surface area contributed by atoms with Crippen LogP contribution in [0.5, 0.6) is 0 Å². The third-order valence-electron chi connectivity index (χ3n) is 3.78. The highest BCUT2D eigenvalue weighted by Crippen LogP contribution is 2.22. The molecule has 0 unspecified atom stereocenters. The van der Waals surface area contributed by atoms with Crippen LogP contribution in [0.3, 0.4) is 0 Å². The van der Waals surface area contributed by atoms with Crippen molar-refractivity contribution >= 4 is 10.9 Å². The van der Waals surface area contributed by atoms with Crippen molar-refractivity contribution in [2.24, 2.45) is 0 Å². The molecule has 112 valence electrons. The van der Waals surface area contributed by atoms with Crippen molar-refractivity contribution in [3.63, 3.8) is 0 Å². The van der Waals surface area contributed by atoms with E-state index >= 15 is 0 Å². The number of hydrogen-bond donors (Lipinski definition) is 0. The van der Waals surface area contributed by atoms with Gasteiger partial charge in [0.15, 0.2) is 0 Å². The predicted octanol–water partition coefficient (Wildman–Crippen LogP) is 3.14.